The molecule has 60 heavy (non-hydrogen) atoms. The predicted molar refractivity (Wildman–Crippen MR) is 246 cm³/mol. The zero-order valence-corrected chi connectivity index (χ0v) is 33.9. The zero-order chi connectivity index (χ0) is 40.6. The number of aryl methyl sites for hydroxylation is 3. The molecule has 286 valence electrons. The van der Waals surface area contributed by atoms with Gasteiger partial charge in [-0.05, 0) is 101 Å². The molecule has 2 nitrogen and oxygen atoms in total. The highest BCUT2D eigenvalue weighted by molar-refractivity contribution is 8.00. The van der Waals surface area contributed by atoms with Crippen LogP contribution in [0, 0.1) is 20.8 Å². The molecule has 0 saturated heterocycles. The Balaban J connectivity index is 1.34. The molecule has 0 aliphatic carbocycles. The monoisotopic (exact) mass is 798 g/mol. The summed E-state index contributed by atoms with van der Waals surface area (Å²) in [5.74, 6) is 0. The van der Waals surface area contributed by atoms with Gasteiger partial charge in [0.1, 0.15) is 0 Å². The van der Waals surface area contributed by atoms with E-state index in [0.29, 0.717) is 0 Å². The van der Waals surface area contributed by atoms with Crippen molar-refractivity contribution in [2.45, 2.75) is 36.7 Å². The number of fused-ring (bicyclic) bond motifs is 10. The summed E-state index contributed by atoms with van der Waals surface area (Å²) >= 11 is 1.75. The van der Waals surface area contributed by atoms with Gasteiger partial charge in [0.25, 0.3) is 6.71 Å². The van der Waals surface area contributed by atoms with E-state index < -0.39 is 11.7 Å². The average Bonchev–Trinajstić information content (AvgIpc) is 3.26. The van der Waals surface area contributed by atoms with E-state index in [2.05, 4.69) is 141 Å². The maximum absolute atomic E-state index is 15.5. The Kier molecular flexibility index (Phi) is 7.60. The number of benzene rings is 8. The maximum atomic E-state index is 15.5. The van der Waals surface area contributed by atoms with Crippen molar-refractivity contribution < 1.29 is 13.2 Å². The zero-order valence-electron chi connectivity index (χ0n) is 33.1. The largest absolute Gasteiger partial charge is 0.418 e. The molecule has 0 radical (unpaired) electrons. The lowest BCUT2D eigenvalue weighted by atomic mass is 9.29. The molecule has 4 aliphatic heterocycles. The lowest BCUT2D eigenvalue weighted by molar-refractivity contribution is -0.137. The van der Waals surface area contributed by atoms with Gasteiger partial charge < -0.3 is 9.80 Å². The molecular weight excluding hydrogens is 763 g/mol. The molecule has 8 heteroatoms. The van der Waals surface area contributed by atoms with Crippen LogP contribution in [0.15, 0.2) is 168 Å². The SMILES string of the molecule is Cc1ccc2c(c1)B1c3ccccc3Sc3c1c1c4c(c3-c3ccccc3-c3ccccc3)N(c3ccccc3C(F)(F)F)c3ccc(C)cc3B4c3cc(C)ccc3N21. The Labute approximate surface area is 352 Å². The second kappa shape index (κ2) is 12.8. The van der Waals surface area contributed by atoms with Crippen molar-refractivity contribution in [3.63, 3.8) is 0 Å². The number of hydrogen-bond donors (Lipinski definition) is 0. The van der Waals surface area contributed by atoms with E-state index in [4.69, 9.17) is 0 Å². The minimum Gasteiger partial charge on any atom is -0.312 e. The van der Waals surface area contributed by atoms with Crippen LogP contribution in [0.4, 0.5) is 47.3 Å². The van der Waals surface area contributed by atoms with Gasteiger partial charge in [-0.25, -0.2) is 0 Å². The lowest BCUT2D eigenvalue weighted by Crippen LogP contribution is -2.68. The minimum atomic E-state index is -4.61. The molecular formula is C52H35B2F3N2S. The van der Waals surface area contributed by atoms with Crippen molar-refractivity contribution in [2.75, 3.05) is 9.80 Å². The fraction of sp³-hybridized carbons (Fsp3) is 0.0769. The van der Waals surface area contributed by atoms with E-state index in [1.165, 1.54) is 34.1 Å². The second-order valence-corrected chi connectivity index (χ2v) is 17.6. The second-order valence-electron chi connectivity index (χ2n) is 16.5. The van der Waals surface area contributed by atoms with Crippen LogP contribution >= 0.6 is 11.8 Å². The fourth-order valence-electron chi connectivity index (χ4n) is 10.5. The van der Waals surface area contributed by atoms with Crippen LogP contribution in [0.3, 0.4) is 0 Å². The number of nitrogens with zero attached hydrogens (tertiary/aromatic N) is 2. The molecule has 0 aromatic heterocycles. The summed E-state index contributed by atoms with van der Waals surface area (Å²) in [4.78, 5) is 6.65. The first-order chi connectivity index (χ1) is 29.2. The van der Waals surface area contributed by atoms with E-state index in [1.807, 2.05) is 23.1 Å². The quantitative estimate of drug-likeness (QED) is 0.165. The Morgan fingerprint density at radius 1 is 0.467 bits per heavy atom. The van der Waals surface area contributed by atoms with Crippen molar-refractivity contribution in [1.82, 2.24) is 0 Å². The highest BCUT2D eigenvalue weighted by Gasteiger charge is 2.52. The van der Waals surface area contributed by atoms with Crippen molar-refractivity contribution in [3.8, 4) is 22.3 Å². The molecule has 0 N–H and O–H groups in total. The number of rotatable bonds is 3. The van der Waals surface area contributed by atoms with Gasteiger partial charge in [0.05, 0.1) is 16.9 Å². The molecule has 0 saturated carbocycles. The standard InChI is InChI=1S/C52H35B2F3N2S/c1-30-22-25-43-38(27-30)53-37-18-10-12-20-45(37)60-51-46(35-16-8-7-15-34(35)33-13-5-4-6-14-33)49-47-50(48(51)53)59(43)44-26-23-32(3)29-40(44)54(47)39-28-31(2)21-24-42(39)58(49)41-19-11-9-17-36(41)52(55,56)57/h4-29H,1-3H3. The molecule has 0 spiro atoms. The average molecular weight is 799 g/mol. The van der Waals surface area contributed by atoms with Crippen LogP contribution in [0.5, 0.6) is 0 Å². The summed E-state index contributed by atoms with van der Waals surface area (Å²) in [6, 6.07) is 53.5. The predicted octanol–water partition coefficient (Wildman–Crippen LogP) is 10.3. The summed E-state index contributed by atoms with van der Waals surface area (Å²) in [5, 5.41) is 0. The highest BCUT2D eigenvalue weighted by atomic mass is 32.2. The summed E-state index contributed by atoms with van der Waals surface area (Å²) in [5.41, 5.74) is 18.5. The number of halogens is 3. The smallest absolute Gasteiger partial charge is 0.312 e. The molecule has 0 fully saturated rings. The van der Waals surface area contributed by atoms with Crippen LogP contribution in [0.2, 0.25) is 0 Å². The van der Waals surface area contributed by atoms with Crippen molar-refractivity contribution in [1.29, 1.82) is 0 Å². The first kappa shape index (κ1) is 35.6. The number of alkyl halides is 3. The Bertz CT molecular complexity index is 3140. The summed E-state index contributed by atoms with van der Waals surface area (Å²) in [6.07, 6.45) is -4.61. The van der Waals surface area contributed by atoms with Crippen molar-refractivity contribution in [2.24, 2.45) is 0 Å². The third-order valence-electron chi connectivity index (χ3n) is 12.9. The summed E-state index contributed by atoms with van der Waals surface area (Å²) in [7, 11) is 0. The molecule has 4 heterocycles. The van der Waals surface area contributed by atoms with E-state index in [-0.39, 0.29) is 19.1 Å². The topological polar surface area (TPSA) is 6.48 Å². The molecule has 8 aromatic carbocycles. The molecule has 12 rings (SSSR count). The number of hydrogen-bond acceptors (Lipinski definition) is 3. The highest BCUT2D eigenvalue weighted by Crippen LogP contribution is 2.55. The lowest BCUT2D eigenvalue weighted by Gasteiger charge is -2.50. The van der Waals surface area contributed by atoms with Gasteiger partial charge in [0.2, 0.25) is 6.71 Å². The van der Waals surface area contributed by atoms with E-state index in [1.54, 1.807) is 23.9 Å². The molecule has 0 amide bonds. The minimum absolute atomic E-state index is 0.103. The van der Waals surface area contributed by atoms with Gasteiger partial charge in [-0.2, -0.15) is 13.2 Å². The maximum Gasteiger partial charge on any atom is 0.418 e. The van der Waals surface area contributed by atoms with Crippen molar-refractivity contribution >= 4 is 92.1 Å². The first-order valence-corrected chi connectivity index (χ1v) is 21.2. The Morgan fingerprint density at radius 2 is 0.983 bits per heavy atom. The fourth-order valence-corrected chi connectivity index (χ4v) is 11.8. The normalized spacial score (nSPS) is 14.0. The number of anilines is 6. The van der Waals surface area contributed by atoms with Gasteiger partial charge in [-0.15, -0.1) is 0 Å². The van der Waals surface area contributed by atoms with Gasteiger partial charge in [0.15, 0.2) is 0 Å². The third-order valence-corrected chi connectivity index (χ3v) is 14.1. The van der Waals surface area contributed by atoms with Crippen LogP contribution in [0.1, 0.15) is 22.3 Å². The van der Waals surface area contributed by atoms with Crippen molar-refractivity contribution in [3.05, 3.63) is 180 Å². The molecule has 0 atom stereocenters. The molecule has 8 aromatic rings. The first-order valence-electron chi connectivity index (χ1n) is 20.4. The van der Waals surface area contributed by atoms with Crippen LogP contribution in [-0.4, -0.2) is 13.4 Å². The molecule has 0 bridgehead atoms. The van der Waals surface area contributed by atoms with E-state index in [9.17, 15) is 0 Å². The summed E-state index contributed by atoms with van der Waals surface area (Å²) < 4.78 is 46.6. The van der Waals surface area contributed by atoms with Crippen LogP contribution in [0.25, 0.3) is 22.3 Å². The van der Waals surface area contributed by atoms with Gasteiger partial charge in [0, 0.05) is 38.1 Å². The van der Waals surface area contributed by atoms with Crippen LogP contribution < -0.4 is 42.6 Å². The Hall–Kier alpha value is -6.37. The van der Waals surface area contributed by atoms with Gasteiger partial charge in [-0.3, -0.25) is 0 Å². The molecule has 4 aliphatic rings. The summed E-state index contributed by atoms with van der Waals surface area (Å²) in [6.45, 7) is 6.01. The van der Waals surface area contributed by atoms with Gasteiger partial charge in [-0.1, -0.05) is 155 Å². The van der Waals surface area contributed by atoms with E-state index >= 15 is 13.2 Å². The molecule has 0 unspecified atom stereocenters. The third kappa shape index (κ3) is 4.94. The Morgan fingerprint density at radius 3 is 1.62 bits per heavy atom. The van der Waals surface area contributed by atoms with Crippen LogP contribution in [-0.2, 0) is 6.18 Å². The number of para-hydroxylation sites is 1. The van der Waals surface area contributed by atoms with Gasteiger partial charge >= 0.3 is 6.18 Å². The van der Waals surface area contributed by atoms with E-state index in [0.717, 1.165) is 88.0 Å².